The number of aryl methyl sites for hydroxylation is 2. The van der Waals surface area contributed by atoms with Crippen molar-refractivity contribution >= 4 is 38.4 Å². The van der Waals surface area contributed by atoms with E-state index in [1.807, 2.05) is 6.08 Å². The Hall–Kier alpha value is -2.60. The van der Waals surface area contributed by atoms with E-state index in [0.717, 1.165) is 0 Å². The lowest BCUT2D eigenvalue weighted by atomic mass is 9.93. The summed E-state index contributed by atoms with van der Waals surface area (Å²) < 4.78 is 0. The molecule has 0 spiro atoms. The van der Waals surface area contributed by atoms with Crippen molar-refractivity contribution in [3.05, 3.63) is 77.9 Å². The van der Waals surface area contributed by atoms with Gasteiger partial charge in [0.2, 0.25) is 0 Å². The molecule has 0 aliphatic heterocycles. The third kappa shape index (κ3) is 1.77. The van der Waals surface area contributed by atoms with Crippen LogP contribution in [0.25, 0.3) is 38.4 Å². The topological polar surface area (TPSA) is 0 Å². The Labute approximate surface area is 130 Å². The summed E-state index contributed by atoms with van der Waals surface area (Å²) in [6, 6.07) is 20.1. The van der Waals surface area contributed by atoms with Gasteiger partial charge < -0.3 is 0 Å². The van der Waals surface area contributed by atoms with Gasteiger partial charge in [-0.05, 0) is 57.3 Å². The average Bonchev–Trinajstić information content (AvgIpc) is 2.53. The van der Waals surface area contributed by atoms with E-state index >= 15 is 0 Å². The number of rotatable bonds is 1. The molecular formula is C22H18. The van der Waals surface area contributed by atoms with Gasteiger partial charge in [0.15, 0.2) is 0 Å². The fraction of sp³-hybridized carbons (Fsp3) is 0.0909. The zero-order chi connectivity index (χ0) is 15.3. The fourth-order valence-electron chi connectivity index (χ4n) is 3.47. The lowest BCUT2D eigenvalue weighted by molar-refractivity contribution is 1.48. The van der Waals surface area contributed by atoms with Gasteiger partial charge in [-0.15, -0.1) is 0 Å². The highest BCUT2D eigenvalue weighted by Crippen LogP contribution is 2.34. The van der Waals surface area contributed by atoms with E-state index in [4.69, 9.17) is 0 Å². The Morgan fingerprint density at radius 3 is 2.09 bits per heavy atom. The van der Waals surface area contributed by atoms with Crippen molar-refractivity contribution in [3.63, 3.8) is 0 Å². The molecule has 0 aliphatic carbocycles. The Morgan fingerprint density at radius 2 is 1.27 bits per heavy atom. The molecule has 0 saturated carbocycles. The fourth-order valence-corrected chi connectivity index (χ4v) is 3.47. The van der Waals surface area contributed by atoms with Crippen LogP contribution in [0.15, 0.2) is 61.2 Å². The van der Waals surface area contributed by atoms with E-state index in [-0.39, 0.29) is 0 Å². The molecule has 22 heavy (non-hydrogen) atoms. The molecular weight excluding hydrogens is 264 g/mol. The highest BCUT2D eigenvalue weighted by molar-refractivity contribution is 6.18. The molecule has 0 unspecified atom stereocenters. The van der Waals surface area contributed by atoms with Crippen LogP contribution < -0.4 is 0 Å². The minimum absolute atomic E-state index is 1.24. The normalized spacial score (nSPS) is 11.4. The van der Waals surface area contributed by atoms with Gasteiger partial charge in [-0.25, -0.2) is 0 Å². The second-order valence-electron chi connectivity index (χ2n) is 6.05. The lowest BCUT2D eigenvalue weighted by Gasteiger charge is -2.11. The summed E-state index contributed by atoms with van der Waals surface area (Å²) >= 11 is 0. The molecule has 0 aliphatic rings. The Bertz CT molecular complexity index is 1050. The number of benzene rings is 4. The van der Waals surface area contributed by atoms with Gasteiger partial charge in [0.05, 0.1) is 0 Å². The summed E-state index contributed by atoms with van der Waals surface area (Å²) in [5, 5.41) is 7.87. The van der Waals surface area contributed by atoms with E-state index in [1.54, 1.807) is 0 Å². The predicted octanol–water partition coefficient (Wildman–Crippen LogP) is 6.41. The van der Waals surface area contributed by atoms with Gasteiger partial charge in [-0.2, -0.15) is 0 Å². The first-order valence-electron chi connectivity index (χ1n) is 7.67. The summed E-state index contributed by atoms with van der Waals surface area (Å²) in [6.07, 6.45) is 1.97. The van der Waals surface area contributed by atoms with Gasteiger partial charge in [0.25, 0.3) is 0 Å². The van der Waals surface area contributed by atoms with E-state index in [9.17, 15) is 0 Å². The predicted molar refractivity (Wildman–Crippen MR) is 98.5 cm³/mol. The molecule has 0 radical (unpaired) electrons. The number of hydrogen-bond acceptors (Lipinski definition) is 0. The minimum Gasteiger partial charge on any atom is -0.0984 e. The van der Waals surface area contributed by atoms with Crippen LogP contribution in [0.3, 0.4) is 0 Å². The molecule has 0 aromatic heterocycles. The van der Waals surface area contributed by atoms with Crippen LogP contribution in [0.2, 0.25) is 0 Å². The van der Waals surface area contributed by atoms with Gasteiger partial charge in [0, 0.05) is 0 Å². The third-order valence-corrected chi connectivity index (χ3v) is 4.63. The van der Waals surface area contributed by atoms with Crippen LogP contribution in [0.1, 0.15) is 16.7 Å². The molecule has 0 nitrogen and oxygen atoms in total. The average molecular weight is 282 g/mol. The molecule has 106 valence electrons. The minimum atomic E-state index is 1.24. The van der Waals surface area contributed by atoms with Crippen LogP contribution in [-0.2, 0) is 0 Å². The summed E-state index contributed by atoms with van der Waals surface area (Å²) in [6.45, 7) is 8.28. The van der Waals surface area contributed by atoms with Crippen LogP contribution in [0.4, 0.5) is 0 Å². The first-order valence-corrected chi connectivity index (χ1v) is 7.67. The Balaban J connectivity index is 2.24. The monoisotopic (exact) mass is 282 g/mol. The van der Waals surface area contributed by atoms with Crippen LogP contribution >= 0.6 is 0 Å². The maximum atomic E-state index is 3.98. The first kappa shape index (κ1) is 13.1. The summed E-state index contributed by atoms with van der Waals surface area (Å²) in [5.74, 6) is 0. The van der Waals surface area contributed by atoms with Crippen molar-refractivity contribution in [3.8, 4) is 0 Å². The largest absolute Gasteiger partial charge is 0.0984 e. The summed E-state index contributed by atoms with van der Waals surface area (Å²) in [4.78, 5) is 0. The van der Waals surface area contributed by atoms with Crippen molar-refractivity contribution in [2.45, 2.75) is 13.8 Å². The molecule has 0 amide bonds. The zero-order valence-corrected chi connectivity index (χ0v) is 13.0. The maximum Gasteiger partial charge on any atom is -0.00987 e. The molecule has 0 saturated heterocycles. The number of hydrogen-bond donors (Lipinski definition) is 0. The SMILES string of the molecule is C=Cc1c(C)ccc2c1ccc1c3cc(C)ccc3ccc21. The van der Waals surface area contributed by atoms with Crippen molar-refractivity contribution in [2.75, 3.05) is 0 Å². The second-order valence-corrected chi connectivity index (χ2v) is 6.05. The van der Waals surface area contributed by atoms with Crippen molar-refractivity contribution in [2.24, 2.45) is 0 Å². The zero-order valence-electron chi connectivity index (χ0n) is 13.0. The van der Waals surface area contributed by atoms with Crippen LogP contribution in [0, 0.1) is 13.8 Å². The van der Waals surface area contributed by atoms with Crippen LogP contribution in [-0.4, -0.2) is 0 Å². The smallest absolute Gasteiger partial charge is 0.00987 e. The van der Waals surface area contributed by atoms with E-state index < -0.39 is 0 Å². The Morgan fingerprint density at radius 1 is 0.682 bits per heavy atom. The molecule has 4 aromatic rings. The number of fused-ring (bicyclic) bond motifs is 5. The molecule has 0 heterocycles. The van der Waals surface area contributed by atoms with E-state index in [0.29, 0.717) is 0 Å². The van der Waals surface area contributed by atoms with Gasteiger partial charge in [0.1, 0.15) is 0 Å². The molecule has 4 aromatic carbocycles. The first-order chi connectivity index (χ1) is 10.7. The molecule has 0 atom stereocenters. The molecule has 0 N–H and O–H groups in total. The summed E-state index contributed by atoms with van der Waals surface area (Å²) in [7, 11) is 0. The molecule has 4 rings (SSSR count). The van der Waals surface area contributed by atoms with Gasteiger partial charge in [-0.3, -0.25) is 0 Å². The lowest BCUT2D eigenvalue weighted by Crippen LogP contribution is -1.86. The Kier molecular flexibility index (Phi) is 2.80. The van der Waals surface area contributed by atoms with Crippen molar-refractivity contribution < 1.29 is 0 Å². The van der Waals surface area contributed by atoms with E-state index in [1.165, 1.54) is 49.0 Å². The quantitative estimate of drug-likeness (QED) is 0.354. The highest BCUT2D eigenvalue weighted by Gasteiger charge is 2.08. The third-order valence-electron chi connectivity index (χ3n) is 4.63. The second kappa shape index (κ2) is 4.71. The van der Waals surface area contributed by atoms with Gasteiger partial charge in [-0.1, -0.05) is 72.8 Å². The molecule has 0 bridgehead atoms. The van der Waals surface area contributed by atoms with Crippen LogP contribution in [0.5, 0.6) is 0 Å². The molecule has 0 fully saturated rings. The summed E-state index contributed by atoms with van der Waals surface area (Å²) in [5.41, 5.74) is 3.82. The van der Waals surface area contributed by atoms with Gasteiger partial charge >= 0.3 is 0 Å². The van der Waals surface area contributed by atoms with Crippen molar-refractivity contribution in [1.82, 2.24) is 0 Å². The maximum absolute atomic E-state index is 3.98. The standard InChI is InChI=1S/C22H18/c1-4-17-15(3)6-9-19-18(17)11-12-21-20(19)10-8-16-7-5-14(2)13-22(16)21/h4-13H,1H2,2-3H3. The molecule has 0 heteroatoms. The van der Waals surface area contributed by atoms with E-state index in [2.05, 4.69) is 75.0 Å². The highest BCUT2D eigenvalue weighted by atomic mass is 14.1. The van der Waals surface area contributed by atoms with Crippen molar-refractivity contribution in [1.29, 1.82) is 0 Å².